The average molecular weight is 315 g/mol. The second-order valence-corrected chi connectivity index (χ2v) is 6.39. The lowest BCUT2D eigenvalue weighted by Crippen LogP contribution is -2.82. The van der Waals surface area contributed by atoms with E-state index < -0.39 is 5.54 Å². The molecular weight excluding hydrogens is 292 g/mol. The predicted octanol–water partition coefficient (Wildman–Crippen LogP) is 1.85. The van der Waals surface area contributed by atoms with Gasteiger partial charge in [-0.15, -0.1) is 12.4 Å². The number of carbonyl (C=O) groups is 1. The molecule has 0 radical (unpaired) electrons. The molecule has 1 aromatic heterocycles. The number of nitrogens with one attached hydrogen (secondary N) is 1. The third-order valence-corrected chi connectivity index (χ3v) is 5.06. The molecule has 1 aliphatic heterocycles. The van der Waals surface area contributed by atoms with Gasteiger partial charge in [0.1, 0.15) is 11.3 Å². The maximum absolute atomic E-state index is 12.6. The quantitative estimate of drug-likeness (QED) is 0.892. The molecule has 3 atom stereocenters. The van der Waals surface area contributed by atoms with Crippen LogP contribution in [-0.2, 0) is 16.1 Å². The Kier molecular flexibility index (Phi) is 4.38. The largest absolute Gasteiger partial charge is 0.467 e. The third kappa shape index (κ3) is 2.28. The van der Waals surface area contributed by atoms with E-state index in [4.69, 9.17) is 14.9 Å². The van der Waals surface area contributed by atoms with Crippen LogP contribution in [0.4, 0.5) is 0 Å². The fourth-order valence-electron chi connectivity index (χ4n) is 3.76. The Hall–Kier alpha value is -1.04. The van der Waals surface area contributed by atoms with Gasteiger partial charge in [-0.25, -0.2) is 0 Å². The van der Waals surface area contributed by atoms with Crippen LogP contribution in [0.1, 0.15) is 32.4 Å². The smallest absolute Gasteiger partial charge is 0.241 e. The van der Waals surface area contributed by atoms with Crippen molar-refractivity contribution in [2.45, 2.75) is 44.9 Å². The van der Waals surface area contributed by atoms with Crippen molar-refractivity contribution >= 4 is 18.3 Å². The van der Waals surface area contributed by atoms with Gasteiger partial charge in [-0.3, -0.25) is 4.79 Å². The Labute approximate surface area is 131 Å². The number of rotatable bonds is 3. The monoisotopic (exact) mass is 314 g/mol. The highest BCUT2D eigenvalue weighted by molar-refractivity contribution is 5.89. The molecule has 1 amide bonds. The summed E-state index contributed by atoms with van der Waals surface area (Å²) in [6.45, 7) is 5.19. The summed E-state index contributed by atoms with van der Waals surface area (Å²) in [5, 5.41) is 2.90. The maximum atomic E-state index is 12.6. The SMILES string of the molecule is CC1(C)C2OCCCC2C1(N)C(=O)NCc1ccco1.Cl. The molecular formula is C15H23ClN2O3. The number of hydrogen-bond acceptors (Lipinski definition) is 4. The van der Waals surface area contributed by atoms with Gasteiger partial charge >= 0.3 is 0 Å². The molecule has 118 valence electrons. The van der Waals surface area contributed by atoms with E-state index in [-0.39, 0.29) is 35.8 Å². The van der Waals surface area contributed by atoms with E-state index in [0.717, 1.165) is 25.2 Å². The molecule has 6 heteroatoms. The van der Waals surface area contributed by atoms with Gasteiger partial charge in [-0.2, -0.15) is 0 Å². The second-order valence-electron chi connectivity index (χ2n) is 6.39. The first-order valence-electron chi connectivity index (χ1n) is 7.19. The summed E-state index contributed by atoms with van der Waals surface area (Å²) >= 11 is 0. The maximum Gasteiger partial charge on any atom is 0.241 e. The Morgan fingerprint density at radius 1 is 1.52 bits per heavy atom. The highest BCUT2D eigenvalue weighted by Crippen LogP contribution is 2.57. The molecule has 3 rings (SSSR count). The minimum atomic E-state index is -0.856. The average Bonchev–Trinajstić information content (AvgIpc) is 2.97. The van der Waals surface area contributed by atoms with E-state index in [9.17, 15) is 4.79 Å². The Morgan fingerprint density at radius 2 is 2.29 bits per heavy atom. The van der Waals surface area contributed by atoms with Crippen molar-refractivity contribution in [3.05, 3.63) is 24.2 Å². The predicted molar refractivity (Wildman–Crippen MR) is 81.0 cm³/mol. The molecule has 3 N–H and O–H groups in total. The van der Waals surface area contributed by atoms with Crippen molar-refractivity contribution in [3.8, 4) is 0 Å². The van der Waals surface area contributed by atoms with Crippen LogP contribution in [0.3, 0.4) is 0 Å². The lowest BCUT2D eigenvalue weighted by molar-refractivity contribution is -0.225. The number of furan rings is 1. The van der Waals surface area contributed by atoms with Crippen molar-refractivity contribution < 1.29 is 13.9 Å². The van der Waals surface area contributed by atoms with Crippen LogP contribution < -0.4 is 11.1 Å². The lowest BCUT2D eigenvalue weighted by atomic mass is 9.46. The van der Waals surface area contributed by atoms with E-state index in [0.29, 0.717) is 6.54 Å². The number of amides is 1. The molecule has 1 saturated carbocycles. The Bertz CT molecular complexity index is 503. The number of nitrogens with two attached hydrogens (primary N) is 1. The van der Waals surface area contributed by atoms with Crippen LogP contribution in [0.25, 0.3) is 0 Å². The van der Waals surface area contributed by atoms with Gasteiger partial charge in [0.15, 0.2) is 0 Å². The van der Waals surface area contributed by atoms with Crippen LogP contribution in [0, 0.1) is 11.3 Å². The minimum Gasteiger partial charge on any atom is -0.467 e. The van der Waals surface area contributed by atoms with Crippen molar-refractivity contribution in [1.82, 2.24) is 5.32 Å². The minimum absolute atomic E-state index is 0. The third-order valence-electron chi connectivity index (χ3n) is 5.06. The van der Waals surface area contributed by atoms with Crippen LogP contribution in [0.2, 0.25) is 0 Å². The molecule has 0 bridgehead atoms. The fraction of sp³-hybridized carbons (Fsp3) is 0.667. The number of hydrogen-bond donors (Lipinski definition) is 2. The van der Waals surface area contributed by atoms with E-state index in [1.165, 1.54) is 0 Å². The first-order chi connectivity index (χ1) is 9.48. The summed E-state index contributed by atoms with van der Waals surface area (Å²) in [4.78, 5) is 12.6. The summed E-state index contributed by atoms with van der Waals surface area (Å²) in [6.07, 6.45) is 3.62. The topological polar surface area (TPSA) is 77.5 Å². The number of carbonyl (C=O) groups excluding carboxylic acids is 1. The molecule has 1 aromatic rings. The Balaban J connectivity index is 0.00000161. The first-order valence-corrected chi connectivity index (χ1v) is 7.19. The number of fused-ring (bicyclic) bond motifs is 1. The molecule has 2 aliphatic rings. The fourth-order valence-corrected chi connectivity index (χ4v) is 3.76. The molecule has 1 saturated heterocycles. The summed E-state index contributed by atoms with van der Waals surface area (Å²) in [7, 11) is 0. The highest BCUT2D eigenvalue weighted by Gasteiger charge is 2.70. The van der Waals surface area contributed by atoms with E-state index in [1.54, 1.807) is 12.3 Å². The van der Waals surface area contributed by atoms with E-state index >= 15 is 0 Å². The zero-order valence-electron chi connectivity index (χ0n) is 12.4. The lowest BCUT2D eigenvalue weighted by Gasteiger charge is -2.65. The zero-order chi connectivity index (χ0) is 14.4. The molecule has 2 fully saturated rings. The van der Waals surface area contributed by atoms with Crippen LogP contribution >= 0.6 is 12.4 Å². The second kappa shape index (κ2) is 5.63. The van der Waals surface area contributed by atoms with Crippen LogP contribution in [0.5, 0.6) is 0 Å². The van der Waals surface area contributed by atoms with Gasteiger partial charge in [0.05, 0.1) is 18.9 Å². The number of ether oxygens (including phenoxy) is 1. The normalized spacial score (nSPS) is 33.3. The van der Waals surface area contributed by atoms with Gasteiger partial charge < -0.3 is 20.2 Å². The summed E-state index contributed by atoms with van der Waals surface area (Å²) < 4.78 is 11.0. The molecule has 3 unspecified atom stereocenters. The summed E-state index contributed by atoms with van der Waals surface area (Å²) in [5.74, 6) is 0.740. The van der Waals surface area contributed by atoms with Gasteiger partial charge in [-0.05, 0) is 25.0 Å². The van der Waals surface area contributed by atoms with Crippen LogP contribution in [-0.4, -0.2) is 24.2 Å². The van der Waals surface area contributed by atoms with Gasteiger partial charge in [0.25, 0.3) is 0 Å². The van der Waals surface area contributed by atoms with Gasteiger partial charge in [0, 0.05) is 17.9 Å². The van der Waals surface area contributed by atoms with E-state index in [1.807, 2.05) is 19.9 Å². The summed E-state index contributed by atoms with van der Waals surface area (Å²) in [6, 6.07) is 3.64. The number of halogens is 1. The molecule has 1 aliphatic carbocycles. The first kappa shape index (κ1) is 16.3. The zero-order valence-corrected chi connectivity index (χ0v) is 13.2. The van der Waals surface area contributed by atoms with Gasteiger partial charge in [-0.1, -0.05) is 13.8 Å². The highest BCUT2D eigenvalue weighted by atomic mass is 35.5. The molecule has 2 heterocycles. The van der Waals surface area contributed by atoms with Crippen molar-refractivity contribution in [2.24, 2.45) is 17.1 Å². The van der Waals surface area contributed by atoms with Gasteiger partial charge in [0.2, 0.25) is 5.91 Å². The van der Waals surface area contributed by atoms with Crippen molar-refractivity contribution in [3.63, 3.8) is 0 Å². The molecule has 0 spiro atoms. The molecule has 0 aromatic carbocycles. The summed E-state index contributed by atoms with van der Waals surface area (Å²) in [5.41, 5.74) is 5.30. The molecule has 21 heavy (non-hydrogen) atoms. The standard InChI is InChI=1S/C15H22N2O3.ClH/c1-14(2)12-11(6-4-8-20-12)15(14,16)13(18)17-9-10-5-3-7-19-10;/h3,5,7,11-12H,4,6,8-9,16H2,1-2H3,(H,17,18);1H. The van der Waals surface area contributed by atoms with Crippen molar-refractivity contribution in [2.75, 3.05) is 6.61 Å². The van der Waals surface area contributed by atoms with E-state index in [2.05, 4.69) is 5.32 Å². The van der Waals surface area contributed by atoms with Crippen LogP contribution in [0.15, 0.2) is 22.8 Å². The Morgan fingerprint density at radius 3 is 2.95 bits per heavy atom. The molecule has 5 nitrogen and oxygen atoms in total. The van der Waals surface area contributed by atoms with Crippen molar-refractivity contribution in [1.29, 1.82) is 0 Å².